The van der Waals surface area contributed by atoms with Crippen LogP contribution in [0.25, 0.3) is 0 Å². The lowest BCUT2D eigenvalue weighted by atomic mass is 10.3. The van der Waals surface area contributed by atoms with Crippen molar-refractivity contribution in [3.8, 4) is 0 Å². The molecule has 0 aromatic carbocycles. The highest BCUT2D eigenvalue weighted by molar-refractivity contribution is 7.85. The summed E-state index contributed by atoms with van der Waals surface area (Å²) >= 11 is 0. The lowest BCUT2D eigenvalue weighted by molar-refractivity contribution is 0.328. The first-order chi connectivity index (χ1) is 5.95. The number of hydrogen-bond acceptors (Lipinski definition) is 3. The molecule has 0 rings (SSSR count). The predicted molar refractivity (Wildman–Crippen MR) is 53.4 cm³/mol. The van der Waals surface area contributed by atoms with Crippen LogP contribution >= 0.6 is 0 Å². The highest BCUT2D eigenvalue weighted by atomic mass is 32.2. The van der Waals surface area contributed by atoms with Gasteiger partial charge in [-0.25, -0.2) is 0 Å². The zero-order valence-electron chi connectivity index (χ0n) is 8.36. The van der Waals surface area contributed by atoms with Crippen molar-refractivity contribution in [2.45, 2.75) is 26.2 Å². The van der Waals surface area contributed by atoms with Crippen LogP contribution in [0.5, 0.6) is 0 Å². The maximum atomic E-state index is 10.3. The van der Waals surface area contributed by atoms with Gasteiger partial charge in [0.2, 0.25) is 0 Å². The first-order valence-corrected chi connectivity index (χ1v) is 6.20. The van der Waals surface area contributed by atoms with Crippen LogP contribution in [0.3, 0.4) is 0 Å². The van der Waals surface area contributed by atoms with E-state index >= 15 is 0 Å². The summed E-state index contributed by atoms with van der Waals surface area (Å²) in [5.41, 5.74) is 0. The van der Waals surface area contributed by atoms with Gasteiger partial charge in [-0.15, -0.1) is 0 Å². The molecular formula is C8H19NO3S. The Morgan fingerprint density at radius 1 is 1.23 bits per heavy atom. The average molecular weight is 209 g/mol. The van der Waals surface area contributed by atoms with Crippen LogP contribution in [0.4, 0.5) is 0 Å². The average Bonchev–Trinajstić information content (AvgIpc) is 1.97. The summed E-state index contributed by atoms with van der Waals surface area (Å²) in [4.78, 5) is 2.16. The van der Waals surface area contributed by atoms with Gasteiger partial charge in [0.15, 0.2) is 0 Å². The number of unbranched alkanes of at least 4 members (excludes halogenated alkanes) is 1. The van der Waals surface area contributed by atoms with Crippen LogP contribution in [0.15, 0.2) is 0 Å². The number of nitrogens with zero attached hydrogens (tertiary/aromatic N) is 1. The third-order valence-electron chi connectivity index (χ3n) is 1.80. The fraction of sp³-hybridized carbons (Fsp3) is 1.00. The summed E-state index contributed by atoms with van der Waals surface area (Å²) in [5.74, 6) is -0.118. The Morgan fingerprint density at radius 3 is 2.31 bits per heavy atom. The monoisotopic (exact) mass is 209 g/mol. The van der Waals surface area contributed by atoms with Gasteiger partial charge >= 0.3 is 0 Å². The van der Waals surface area contributed by atoms with E-state index in [2.05, 4.69) is 11.8 Å². The van der Waals surface area contributed by atoms with Crippen molar-refractivity contribution in [2.75, 3.05) is 25.9 Å². The van der Waals surface area contributed by atoms with Gasteiger partial charge in [-0.3, -0.25) is 4.55 Å². The van der Waals surface area contributed by atoms with Crippen LogP contribution in [0, 0.1) is 0 Å². The Bertz CT molecular complexity index is 213. The second kappa shape index (κ2) is 6.34. The largest absolute Gasteiger partial charge is 0.306 e. The molecule has 0 saturated carbocycles. The minimum absolute atomic E-state index is 0.118. The highest BCUT2D eigenvalue weighted by Crippen LogP contribution is 1.96. The van der Waals surface area contributed by atoms with Crippen molar-refractivity contribution >= 4 is 10.1 Å². The zero-order chi connectivity index (χ0) is 10.3. The van der Waals surface area contributed by atoms with Gasteiger partial charge in [-0.05, 0) is 39.4 Å². The highest BCUT2D eigenvalue weighted by Gasteiger charge is 2.03. The summed E-state index contributed by atoms with van der Waals surface area (Å²) in [7, 11) is -1.74. The molecule has 0 saturated heterocycles. The lowest BCUT2D eigenvalue weighted by Crippen LogP contribution is -2.20. The molecule has 13 heavy (non-hydrogen) atoms. The second-order valence-electron chi connectivity index (χ2n) is 3.30. The fourth-order valence-corrected chi connectivity index (χ4v) is 1.73. The van der Waals surface area contributed by atoms with Gasteiger partial charge < -0.3 is 4.90 Å². The first-order valence-electron chi connectivity index (χ1n) is 4.59. The van der Waals surface area contributed by atoms with Crippen molar-refractivity contribution in [3.05, 3.63) is 0 Å². The summed E-state index contributed by atoms with van der Waals surface area (Å²) in [6, 6.07) is 0. The van der Waals surface area contributed by atoms with E-state index in [0.717, 1.165) is 25.9 Å². The molecule has 0 radical (unpaired) electrons. The topological polar surface area (TPSA) is 57.6 Å². The molecule has 0 fully saturated rings. The predicted octanol–water partition coefficient (Wildman–Crippen LogP) is 0.996. The van der Waals surface area contributed by atoms with Gasteiger partial charge in [0, 0.05) is 0 Å². The van der Waals surface area contributed by atoms with Gasteiger partial charge in [0.25, 0.3) is 10.1 Å². The molecular weight excluding hydrogens is 190 g/mol. The van der Waals surface area contributed by atoms with Crippen LogP contribution in [-0.2, 0) is 10.1 Å². The third-order valence-corrected chi connectivity index (χ3v) is 2.60. The van der Waals surface area contributed by atoms with Gasteiger partial charge in [0.1, 0.15) is 0 Å². The van der Waals surface area contributed by atoms with Crippen LogP contribution in [-0.4, -0.2) is 43.8 Å². The minimum atomic E-state index is -3.75. The summed E-state index contributed by atoms with van der Waals surface area (Å²) in [5, 5.41) is 0. The smallest absolute Gasteiger partial charge is 0.264 e. The molecule has 5 heteroatoms. The Hall–Kier alpha value is -0.130. The molecule has 0 atom stereocenters. The SMILES string of the molecule is CCCN(C)CCCCS(=O)(=O)O. The number of hydrogen-bond donors (Lipinski definition) is 1. The molecule has 0 bridgehead atoms. The molecule has 0 aliphatic rings. The fourth-order valence-electron chi connectivity index (χ4n) is 1.16. The Labute approximate surface area is 80.7 Å². The summed E-state index contributed by atoms with van der Waals surface area (Å²) in [6.45, 7) is 4.03. The lowest BCUT2D eigenvalue weighted by Gasteiger charge is -2.14. The maximum Gasteiger partial charge on any atom is 0.264 e. The van der Waals surface area contributed by atoms with Crippen LogP contribution in [0.1, 0.15) is 26.2 Å². The molecule has 0 spiro atoms. The molecule has 0 amide bonds. The van der Waals surface area contributed by atoms with E-state index in [0.29, 0.717) is 6.42 Å². The standard InChI is InChI=1S/C8H19NO3S/c1-3-6-9(2)7-4-5-8-13(10,11)12/h3-8H2,1-2H3,(H,10,11,12). The molecule has 0 aromatic heterocycles. The van der Waals surface area contributed by atoms with E-state index in [1.807, 2.05) is 7.05 Å². The van der Waals surface area contributed by atoms with Crippen molar-refractivity contribution in [1.82, 2.24) is 4.90 Å². The van der Waals surface area contributed by atoms with Gasteiger partial charge in [0.05, 0.1) is 5.75 Å². The first kappa shape index (κ1) is 12.9. The van der Waals surface area contributed by atoms with Gasteiger partial charge in [-0.2, -0.15) is 8.42 Å². The molecule has 80 valence electrons. The molecule has 0 aliphatic carbocycles. The Morgan fingerprint density at radius 2 is 1.85 bits per heavy atom. The van der Waals surface area contributed by atoms with Crippen LogP contribution in [0.2, 0.25) is 0 Å². The Kier molecular flexibility index (Phi) is 6.28. The quantitative estimate of drug-likeness (QED) is 0.502. The van der Waals surface area contributed by atoms with Crippen molar-refractivity contribution in [1.29, 1.82) is 0 Å². The van der Waals surface area contributed by atoms with E-state index in [-0.39, 0.29) is 5.75 Å². The molecule has 0 heterocycles. The van der Waals surface area contributed by atoms with E-state index in [1.165, 1.54) is 0 Å². The maximum absolute atomic E-state index is 10.3. The van der Waals surface area contributed by atoms with Gasteiger partial charge in [-0.1, -0.05) is 6.92 Å². The molecule has 4 nitrogen and oxygen atoms in total. The number of rotatable bonds is 7. The molecule has 0 aromatic rings. The van der Waals surface area contributed by atoms with E-state index in [1.54, 1.807) is 0 Å². The van der Waals surface area contributed by atoms with Crippen molar-refractivity contribution < 1.29 is 13.0 Å². The summed E-state index contributed by atoms with van der Waals surface area (Å²) < 4.78 is 29.1. The second-order valence-corrected chi connectivity index (χ2v) is 4.87. The normalized spacial score (nSPS) is 12.3. The molecule has 0 aliphatic heterocycles. The third kappa shape index (κ3) is 9.79. The minimum Gasteiger partial charge on any atom is -0.306 e. The molecule has 1 N–H and O–H groups in total. The van der Waals surface area contributed by atoms with E-state index in [4.69, 9.17) is 4.55 Å². The zero-order valence-corrected chi connectivity index (χ0v) is 9.18. The summed E-state index contributed by atoms with van der Waals surface area (Å²) in [6.07, 6.45) is 2.46. The van der Waals surface area contributed by atoms with Crippen LogP contribution < -0.4 is 0 Å². The van der Waals surface area contributed by atoms with E-state index in [9.17, 15) is 8.42 Å². The Balaban J connectivity index is 3.36. The molecule has 0 unspecified atom stereocenters. The van der Waals surface area contributed by atoms with Crippen molar-refractivity contribution in [3.63, 3.8) is 0 Å². The van der Waals surface area contributed by atoms with E-state index < -0.39 is 10.1 Å². The van der Waals surface area contributed by atoms with Crippen molar-refractivity contribution in [2.24, 2.45) is 0 Å².